The second-order valence-electron chi connectivity index (χ2n) is 5.63. The van der Waals surface area contributed by atoms with Crippen LogP contribution in [0.15, 0.2) is 47.7 Å². The van der Waals surface area contributed by atoms with Crippen molar-refractivity contribution in [3.63, 3.8) is 0 Å². The Morgan fingerprint density at radius 1 is 1.17 bits per heavy atom. The van der Waals surface area contributed by atoms with Gasteiger partial charge < -0.3 is 10.6 Å². The molecule has 0 atom stereocenters. The van der Waals surface area contributed by atoms with Crippen molar-refractivity contribution >= 4 is 29.9 Å². The average Bonchev–Trinajstić information content (AvgIpc) is 3.07. The Balaban J connectivity index is 0.00000288. The summed E-state index contributed by atoms with van der Waals surface area (Å²) < 4.78 is 1.91. The van der Waals surface area contributed by atoms with Crippen LogP contribution in [0.3, 0.4) is 0 Å². The number of aliphatic imine (C=N–C) groups is 1. The number of nitrogens with zero attached hydrogens (tertiary/aromatic N) is 3. The van der Waals surface area contributed by atoms with Gasteiger partial charge in [0.1, 0.15) is 0 Å². The third-order valence-electron chi connectivity index (χ3n) is 3.56. The predicted octanol–water partition coefficient (Wildman–Crippen LogP) is 3.35. The zero-order chi connectivity index (χ0) is 16.3. The molecule has 0 unspecified atom stereocenters. The SMILES string of the molecule is CCCCNC(=NCc1ccc(C)cc1)NCCn1cccn1.I. The number of rotatable bonds is 8. The maximum absolute atomic E-state index is 4.68. The first-order chi connectivity index (χ1) is 11.3. The molecule has 0 fully saturated rings. The molecule has 0 aliphatic heterocycles. The molecular weight excluding hydrogens is 413 g/mol. The molecule has 132 valence electrons. The van der Waals surface area contributed by atoms with Crippen molar-refractivity contribution in [1.29, 1.82) is 0 Å². The number of unbranched alkanes of at least 4 members (excludes halogenated alkanes) is 1. The Labute approximate surface area is 162 Å². The van der Waals surface area contributed by atoms with Crippen LogP contribution in [-0.2, 0) is 13.1 Å². The lowest BCUT2D eigenvalue weighted by Crippen LogP contribution is -2.39. The van der Waals surface area contributed by atoms with Crippen molar-refractivity contribution in [2.24, 2.45) is 4.99 Å². The number of halogens is 1. The fourth-order valence-electron chi connectivity index (χ4n) is 2.14. The van der Waals surface area contributed by atoms with Gasteiger partial charge in [-0.1, -0.05) is 43.2 Å². The molecule has 0 saturated heterocycles. The Morgan fingerprint density at radius 3 is 2.58 bits per heavy atom. The normalized spacial score (nSPS) is 11.0. The number of nitrogens with one attached hydrogen (secondary N) is 2. The van der Waals surface area contributed by atoms with Crippen LogP contribution in [0.25, 0.3) is 0 Å². The quantitative estimate of drug-likeness (QED) is 0.286. The van der Waals surface area contributed by atoms with Crippen LogP contribution in [-0.4, -0.2) is 28.8 Å². The van der Waals surface area contributed by atoms with Crippen LogP contribution in [0.4, 0.5) is 0 Å². The molecule has 24 heavy (non-hydrogen) atoms. The van der Waals surface area contributed by atoms with E-state index in [9.17, 15) is 0 Å². The minimum atomic E-state index is 0. The summed E-state index contributed by atoms with van der Waals surface area (Å²) in [6, 6.07) is 10.4. The first-order valence-electron chi connectivity index (χ1n) is 8.33. The van der Waals surface area contributed by atoms with Gasteiger partial charge in [0.25, 0.3) is 0 Å². The van der Waals surface area contributed by atoms with E-state index in [1.165, 1.54) is 17.5 Å². The van der Waals surface area contributed by atoms with Crippen LogP contribution in [0, 0.1) is 6.92 Å². The molecule has 2 rings (SSSR count). The van der Waals surface area contributed by atoms with Crippen LogP contribution in [0.5, 0.6) is 0 Å². The minimum absolute atomic E-state index is 0. The van der Waals surface area contributed by atoms with Gasteiger partial charge in [-0.25, -0.2) is 4.99 Å². The molecule has 1 aromatic carbocycles. The molecule has 0 bridgehead atoms. The second-order valence-corrected chi connectivity index (χ2v) is 5.63. The van der Waals surface area contributed by atoms with Crippen LogP contribution >= 0.6 is 24.0 Å². The highest BCUT2D eigenvalue weighted by atomic mass is 127. The van der Waals surface area contributed by atoms with Gasteiger partial charge in [-0.05, 0) is 25.0 Å². The summed E-state index contributed by atoms with van der Waals surface area (Å²) in [6.45, 7) is 7.54. The molecule has 1 heterocycles. The topological polar surface area (TPSA) is 54.2 Å². The summed E-state index contributed by atoms with van der Waals surface area (Å²) in [7, 11) is 0. The summed E-state index contributed by atoms with van der Waals surface area (Å²) in [4.78, 5) is 4.68. The van der Waals surface area contributed by atoms with Crippen molar-refractivity contribution in [1.82, 2.24) is 20.4 Å². The molecule has 2 N–H and O–H groups in total. The van der Waals surface area contributed by atoms with E-state index in [1.54, 1.807) is 6.20 Å². The summed E-state index contributed by atoms with van der Waals surface area (Å²) in [5.74, 6) is 0.867. The van der Waals surface area contributed by atoms with Gasteiger partial charge in [-0.2, -0.15) is 5.10 Å². The van der Waals surface area contributed by atoms with Crippen molar-refractivity contribution in [2.75, 3.05) is 13.1 Å². The van der Waals surface area contributed by atoms with E-state index in [0.29, 0.717) is 6.54 Å². The van der Waals surface area contributed by atoms with Gasteiger partial charge >= 0.3 is 0 Å². The molecule has 2 aromatic rings. The number of benzene rings is 1. The zero-order valence-corrected chi connectivity index (χ0v) is 16.9. The first-order valence-corrected chi connectivity index (χ1v) is 8.33. The molecule has 1 aromatic heterocycles. The molecular formula is C18H28IN5. The lowest BCUT2D eigenvalue weighted by Gasteiger charge is -2.12. The Morgan fingerprint density at radius 2 is 1.92 bits per heavy atom. The Hall–Kier alpha value is -1.57. The van der Waals surface area contributed by atoms with Crippen molar-refractivity contribution in [3.05, 3.63) is 53.9 Å². The number of aromatic nitrogens is 2. The van der Waals surface area contributed by atoms with E-state index in [-0.39, 0.29) is 24.0 Å². The predicted molar refractivity (Wildman–Crippen MR) is 111 cm³/mol. The van der Waals surface area contributed by atoms with E-state index in [2.05, 4.69) is 58.8 Å². The van der Waals surface area contributed by atoms with Crippen LogP contribution < -0.4 is 10.6 Å². The maximum atomic E-state index is 4.68. The standard InChI is InChI=1S/C18H27N5.HI/c1-3-4-10-19-18(20-12-14-23-13-5-11-22-23)21-15-17-8-6-16(2)7-9-17;/h5-9,11,13H,3-4,10,12,14-15H2,1-2H3,(H2,19,20,21);1H. The summed E-state index contributed by atoms with van der Waals surface area (Å²) in [5.41, 5.74) is 2.50. The summed E-state index contributed by atoms with van der Waals surface area (Å²) in [5, 5.41) is 11.0. The highest BCUT2D eigenvalue weighted by Gasteiger charge is 1.99. The van der Waals surface area contributed by atoms with Gasteiger partial charge in [0.2, 0.25) is 0 Å². The third-order valence-corrected chi connectivity index (χ3v) is 3.56. The zero-order valence-electron chi connectivity index (χ0n) is 14.5. The fourth-order valence-corrected chi connectivity index (χ4v) is 2.14. The maximum Gasteiger partial charge on any atom is 0.191 e. The van der Waals surface area contributed by atoms with Crippen molar-refractivity contribution < 1.29 is 0 Å². The van der Waals surface area contributed by atoms with E-state index in [4.69, 9.17) is 0 Å². The molecule has 6 heteroatoms. The van der Waals surface area contributed by atoms with Crippen LogP contribution in [0.2, 0.25) is 0 Å². The van der Waals surface area contributed by atoms with Gasteiger partial charge in [-0.15, -0.1) is 24.0 Å². The smallest absolute Gasteiger partial charge is 0.191 e. The lowest BCUT2D eigenvalue weighted by atomic mass is 10.1. The largest absolute Gasteiger partial charge is 0.356 e. The van der Waals surface area contributed by atoms with E-state index in [0.717, 1.165) is 32.0 Å². The van der Waals surface area contributed by atoms with Crippen molar-refractivity contribution in [3.8, 4) is 0 Å². The lowest BCUT2D eigenvalue weighted by molar-refractivity contribution is 0.595. The number of aryl methyl sites for hydroxylation is 1. The summed E-state index contributed by atoms with van der Waals surface area (Å²) >= 11 is 0. The summed E-state index contributed by atoms with van der Waals surface area (Å²) in [6.07, 6.45) is 6.08. The molecule has 0 amide bonds. The van der Waals surface area contributed by atoms with E-state index >= 15 is 0 Å². The molecule has 0 aliphatic rings. The monoisotopic (exact) mass is 441 g/mol. The molecule has 0 spiro atoms. The first kappa shape index (κ1) is 20.5. The Kier molecular flexibility index (Phi) is 10.1. The number of hydrogen-bond acceptors (Lipinski definition) is 2. The van der Waals surface area contributed by atoms with Gasteiger partial charge in [0.15, 0.2) is 5.96 Å². The van der Waals surface area contributed by atoms with Crippen LogP contribution in [0.1, 0.15) is 30.9 Å². The highest BCUT2D eigenvalue weighted by Crippen LogP contribution is 2.04. The fraction of sp³-hybridized carbons (Fsp3) is 0.444. The minimum Gasteiger partial charge on any atom is -0.356 e. The van der Waals surface area contributed by atoms with Gasteiger partial charge in [0, 0.05) is 25.5 Å². The molecule has 0 saturated carbocycles. The third kappa shape index (κ3) is 7.81. The number of hydrogen-bond donors (Lipinski definition) is 2. The van der Waals surface area contributed by atoms with E-state index in [1.807, 2.05) is 16.9 Å². The molecule has 0 aliphatic carbocycles. The Bertz CT molecular complexity index is 578. The average molecular weight is 441 g/mol. The highest BCUT2D eigenvalue weighted by molar-refractivity contribution is 14.0. The van der Waals surface area contributed by atoms with Gasteiger partial charge in [-0.3, -0.25) is 4.68 Å². The van der Waals surface area contributed by atoms with E-state index < -0.39 is 0 Å². The molecule has 0 radical (unpaired) electrons. The van der Waals surface area contributed by atoms with Gasteiger partial charge in [0.05, 0.1) is 13.1 Å². The van der Waals surface area contributed by atoms with Crippen molar-refractivity contribution in [2.45, 2.75) is 39.8 Å². The second kappa shape index (κ2) is 11.9. The number of guanidine groups is 1. The molecule has 5 nitrogen and oxygen atoms in total.